The third kappa shape index (κ3) is 67.6. The van der Waals surface area contributed by atoms with Crippen LogP contribution >= 0.6 is 0 Å². The van der Waals surface area contributed by atoms with E-state index in [2.05, 4.69) is 98.9 Å². The summed E-state index contributed by atoms with van der Waals surface area (Å²) in [5, 5.41) is 9.69. The molecule has 5 nitrogen and oxygen atoms in total. The normalized spacial score (nSPS) is 12.7. The molecule has 0 radical (unpaired) electrons. The number of ether oxygens (including phenoxy) is 2. The maximum Gasteiger partial charge on any atom is 0.306 e. The maximum atomic E-state index is 12.3. The van der Waals surface area contributed by atoms with E-state index in [0.29, 0.717) is 12.8 Å². The number of rotatable bonds is 65. The molecule has 0 heterocycles. The third-order valence-electron chi connectivity index (χ3n) is 15.7. The van der Waals surface area contributed by atoms with Crippen molar-refractivity contribution in [2.75, 3.05) is 13.2 Å². The molecule has 0 aromatic heterocycles. The fraction of sp³-hybridized carbons (Fsp3) is 0.787. The van der Waals surface area contributed by atoms with Crippen LogP contribution < -0.4 is 0 Å². The van der Waals surface area contributed by atoms with E-state index >= 15 is 0 Å². The van der Waals surface area contributed by atoms with Crippen LogP contribution in [0.5, 0.6) is 0 Å². The molecule has 80 heavy (non-hydrogen) atoms. The van der Waals surface area contributed by atoms with Crippen molar-refractivity contribution in [1.29, 1.82) is 0 Å². The van der Waals surface area contributed by atoms with E-state index in [-0.39, 0.29) is 25.2 Å². The highest BCUT2D eigenvalue weighted by Crippen LogP contribution is 2.18. The van der Waals surface area contributed by atoms with Crippen molar-refractivity contribution in [2.24, 2.45) is 0 Å². The molecule has 0 aliphatic heterocycles. The highest BCUT2D eigenvalue weighted by Gasteiger charge is 2.16. The molecule has 0 aliphatic rings. The van der Waals surface area contributed by atoms with Crippen LogP contribution in [0, 0.1) is 0 Å². The van der Waals surface area contributed by atoms with E-state index in [9.17, 15) is 14.7 Å². The average molecular weight is 1120 g/mol. The largest absolute Gasteiger partial charge is 0.462 e. The SMILES string of the molecule is CC/C=C\C/C=C\C/C=C\C/C=C\CCCCCCCCCCCCCCC(=O)OC(CO)COC(=O)CCCCCCCCCCCCCCCCCCCCCCCCCCCC/C=C\C/C=C\C/C=C\CCCCCCC. The Morgan fingerprint density at radius 3 is 0.812 bits per heavy atom. The number of hydrogen-bond donors (Lipinski definition) is 1. The van der Waals surface area contributed by atoms with Gasteiger partial charge in [-0.15, -0.1) is 0 Å². The van der Waals surface area contributed by atoms with Crippen molar-refractivity contribution in [3.05, 3.63) is 85.1 Å². The zero-order valence-electron chi connectivity index (χ0n) is 53.3. The van der Waals surface area contributed by atoms with Gasteiger partial charge in [-0.2, -0.15) is 0 Å². The summed E-state index contributed by atoms with van der Waals surface area (Å²) < 4.78 is 10.8. The molecular weight excluding hydrogens is 981 g/mol. The van der Waals surface area contributed by atoms with Crippen molar-refractivity contribution in [3.8, 4) is 0 Å². The number of carbonyl (C=O) groups excluding carboxylic acids is 2. The second kappa shape index (κ2) is 70.3. The van der Waals surface area contributed by atoms with Crippen LogP contribution in [0.15, 0.2) is 85.1 Å². The summed E-state index contributed by atoms with van der Waals surface area (Å²) in [6.07, 6.45) is 99.1. The number of hydrogen-bond acceptors (Lipinski definition) is 5. The summed E-state index contributed by atoms with van der Waals surface area (Å²) in [6.45, 7) is 4.05. The Balaban J connectivity index is 3.40. The van der Waals surface area contributed by atoms with Gasteiger partial charge in [-0.1, -0.05) is 343 Å². The van der Waals surface area contributed by atoms with Crippen LogP contribution in [-0.4, -0.2) is 36.4 Å². The summed E-state index contributed by atoms with van der Waals surface area (Å²) in [5.74, 6) is -0.578. The Kier molecular flexibility index (Phi) is 67.8. The first-order valence-corrected chi connectivity index (χ1v) is 35.1. The van der Waals surface area contributed by atoms with Crippen LogP contribution in [-0.2, 0) is 19.1 Å². The van der Waals surface area contributed by atoms with E-state index < -0.39 is 6.10 Å². The molecule has 0 bridgehead atoms. The van der Waals surface area contributed by atoms with Crippen molar-refractivity contribution in [3.63, 3.8) is 0 Å². The van der Waals surface area contributed by atoms with Gasteiger partial charge in [-0.3, -0.25) is 9.59 Å². The van der Waals surface area contributed by atoms with Crippen molar-refractivity contribution in [1.82, 2.24) is 0 Å². The van der Waals surface area contributed by atoms with Gasteiger partial charge >= 0.3 is 11.9 Å². The molecular formula is C75H134O5. The highest BCUT2D eigenvalue weighted by molar-refractivity contribution is 5.70. The smallest absolute Gasteiger partial charge is 0.306 e. The van der Waals surface area contributed by atoms with Gasteiger partial charge < -0.3 is 14.6 Å². The molecule has 0 amide bonds. The summed E-state index contributed by atoms with van der Waals surface area (Å²) in [5.41, 5.74) is 0. The predicted octanol–water partition coefficient (Wildman–Crippen LogP) is 24.4. The van der Waals surface area contributed by atoms with Crippen molar-refractivity contribution >= 4 is 11.9 Å². The quantitative estimate of drug-likeness (QED) is 0.0373. The number of aliphatic hydroxyl groups excluding tert-OH is 1. The van der Waals surface area contributed by atoms with Gasteiger partial charge in [0.25, 0.3) is 0 Å². The molecule has 0 rings (SSSR count). The Hall–Kier alpha value is -2.92. The van der Waals surface area contributed by atoms with Crippen molar-refractivity contribution in [2.45, 2.75) is 367 Å². The fourth-order valence-electron chi connectivity index (χ4n) is 10.4. The van der Waals surface area contributed by atoms with Gasteiger partial charge in [0.05, 0.1) is 6.61 Å². The molecule has 1 unspecified atom stereocenters. The Bertz CT molecular complexity index is 1450. The minimum absolute atomic E-state index is 0.0650. The topological polar surface area (TPSA) is 72.8 Å². The zero-order chi connectivity index (χ0) is 57.6. The van der Waals surface area contributed by atoms with Crippen LogP contribution in [0.1, 0.15) is 361 Å². The third-order valence-corrected chi connectivity index (χ3v) is 15.7. The molecule has 0 saturated heterocycles. The average Bonchev–Trinajstić information content (AvgIpc) is 3.46. The van der Waals surface area contributed by atoms with Gasteiger partial charge in [0.15, 0.2) is 6.10 Å². The molecule has 0 aliphatic carbocycles. The van der Waals surface area contributed by atoms with Gasteiger partial charge in [0.2, 0.25) is 0 Å². The standard InChI is InChI=1S/C75H134O5/c1-3-5-7-9-11-13-15-17-19-21-23-25-27-29-30-31-32-33-34-35-36-37-38-39-40-41-42-43-44-46-47-49-51-53-55-57-59-61-63-65-67-69-74(77)79-72-73(71-76)80-75(78)70-68-66-64-62-60-58-56-54-52-50-48-45-28-26-24-22-20-18-16-14-12-10-8-6-4-2/h6,8,12,14-15,17-18,20-21,23-24,26-27,29,73,76H,3-5,7,9-11,13,16,19,22,25,28,30-72H2,1-2H3/b8-6-,14-12-,17-15-,20-18-,23-21-,26-24-,29-27-. The van der Waals surface area contributed by atoms with Crippen LogP contribution in [0.4, 0.5) is 0 Å². The lowest BCUT2D eigenvalue weighted by Crippen LogP contribution is -2.28. The lowest BCUT2D eigenvalue weighted by atomic mass is 10.0. The van der Waals surface area contributed by atoms with Crippen LogP contribution in [0.25, 0.3) is 0 Å². The minimum atomic E-state index is -0.776. The van der Waals surface area contributed by atoms with Gasteiger partial charge in [-0.25, -0.2) is 0 Å². The highest BCUT2D eigenvalue weighted by atomic mass is 16.6. The first-order chi connectivity index (χ1) is 39.6. The van der Waals surface area contributed by atoms with Gasteiger partial charge in [0, 0.05) is 12.8 Å². The lowest BCUT2D eigenvalue weighted by molar-refractivity contribution is -0.161. The Morgan fingerprint density at radius 1 is 0.300 bits per heavy atom. The molecule has 1 atom stereocenters. The molecule has 0 aromatic rings. The second-order valence-electron chi connectivity index (χ2n) is 23.6. The van der Waals surface area contributed by atoms with E-state index in [1.54, 1.807) is 0 Å². The number of aliphatic hydroxyl groups is 1. The second-order valence-corrected chi connectivity index (χ2v) is 23.6. The van der Waals surface area contributed by atoms with E-state index in [1.807, 2.05) is 0 Å². The van der Waals surface area contributed by atoms with E-state index in [0.717, 1.165) is 77.0 Å². The van der Waals surface area contributed by atoms with Gasteiger partial charge in [-0.05, 0) is 89.9 Å². The zero-order valence-corrected chi connectivity index (χ0v) is 53.3. The number of carbonyl (C=O) groups is 2. The Labute approximate surface area is 498 Å². The number of allylic oxidation sites excluding steroid dienone is 14. The number of unbranched alkanes of at least 4 members (excludes halogenated alkanes) is 43. The van der Waals surface area contributed by atoms with Crippen LogP contribution in [0.2, 0.25) is 0 Å². The molecule has 0 saturated carbocycles. The summed E-state index contributed by atoms with van der Waals surface area (Å²) >= 11 is 0. The van der Waals surface area contributed by atoms with Crippen LogP contribution in [0.3, 0.4) is 0 Å². The number of esters is 2. The predicted molar refractivity (Wildman–Crippen MR) is 353 cm³/mol. The molecule has 1 N–H and O–H groups in total. The lowest BCUT2D eigenvalue weighted by Gasteiger charge is -2.15. The molecule has 464 valence electrons. The first-order valence-electron chi connectivity index (χ1n) is 35.1. The van der Waals surface area contributed by atoms with E-state index in [1.165, 1.54) is 257 Å². The molecule has 0 fully saturated rings. The minimum Gasteiger partial charge on any atom is -0.462 e. The maximum absolute atomic E-state index is 12.3. The van der Waals surface area contributed by atoms with Gasteiger partial charge in [0.1, 0.15) is 6.61 Å². The van der Waals surface area contributed by atoms with E-state index in [4.69, 9.17) is 9.47 Å². The molecule has 0 spiro atoms. The summed E-state index contributed by atoms with van der Waals surface area (Å²) in [6, 6.07) is 0. The summed E-state index contributed by atoms with van der Waals surface area (Å²) in [7, 11) is 0. The molecule has 0 aromatic carbocycles. The molecule has 5 heteroatoms. The first kappa shape index (κ1) is 77.1. The fourth-order valence-corrected chi connectivity index (χ4v) is 10.4. The van der Waals surface area contributed by atoms with Crippen molar-refractivity contribution < 1.29 is 24.2 Å². The monoisotopic (exact) mass is 1120 g/mol. The Morgan fingerprint density at radius 2 is 0.537 bits per heavy atom. The summed E-state index contributed by atoms with van der Waals surface area (Å²) in [4.78, 5) is 24.6.